The van der Waals surface area contributed by atoms with Crippen molar-refractivity contribution < 1.29 is 19.6 Å². The van der Waals surface area contributed by atoms with Crippen molar-refractivity contribution >= 4 is 39.2 Å². The average molecular weight is 365 g/mol. The Morgan fingerprint density at radius 3 is 2.32 bits per heavy atom. The highest BCUT2D eigenvalue weighted by molar-refractivity contribution is 9.10. The Labute approximate surface area is 132 Å². The molecule has 0 aromatic heterocycles. The Morgan fingerprint density at radius 1 is 1.14 bits per heavy atom. The molecule has 0 saturated carbocycles. The van der Waals surface area contributed by atoms with Gasteiger partial charge in [0.1, 0.15) is 0 Å². The summed E-state index contributed by atoms with van der Waals surface area (Å²) in [6.45, 7) is 0. The Kier molecular flexibility index (Phi) is 4.52. The van der Waals surface area contributed by atoms with Crippen LogP contribution in [-0.2, 0) is 0 Å². The van der Waals surface area contributed by atoms with E-state index in [1.807, 2.05) is 0 Å². The van der Waals surface area contributed by atoms with E-state index in [9.17, 15) is 19.7 Å². The van der Waals surface area contributed by atoms with E-state index in [2.05, 4.69) is 21.2 Å². The normalized spacial score (nSPS) is 10.0. The lowest BCUT2D eigenvalue weighted by Gasteiger charge is -2.09. The molecule has 2 aromatic carbocycles. The third-order valence-corrected chi connectivity index (χ3v) is 3.29. The lowest BCUT2D eigenvalue weighted by molar-refractivity contribution is -0.384. The van der Waals surface area contributed by atoms with Crippen molar-refractivity contribution in [3.8, 4) is 0 Å². The number of carboxylic acid groups (broad SMARTS) is 1. The van der Waals surface area contributed by atoms with Gasteiger partial charge >= 0.3 is 5.97 Å². The first-order valence-corrected chi connectivity index (χ1v) is 6.76. The fourth-order valence-corrected chi connectivity index (χ4v) is 2.09. The second-order valence-electron chi connectivity index (χ2n) is 4.25. The zero-order chi connectivity index (χ0) is 16.3. The molecule has 2 rings (SSSR count). The summed E-state index contributed by atoms with van der Waals surface area (Å²) < 4.78 is 0.568. The quantitative estimate of drug-likeness (QED) is 0.638. The molecule has 7 nitrogen and oxygen atoms in total. The van der Waals surface area contributed by atoms with Crippen LogP contribution in [0.4, 0.5) is 11.4 Å². The van der Waals surface area contributed by atoms with E-state index in [-0.39, 0.29) is 22.5 Å². The van der Waals surface area contributed by atoms with Crippen LogP contribution < -0.4 is 5.32 Å². The number of hydrogen-bond acceptors (Lipinski definition) is 4. The standard InChI is InChI=1S/C14H9BrN2O5/c15-9-3-6-12(11(7-9)14(19)20)16-13(18)8-1-4-10(5-2-8)17(21)22/h1-7H,(H,16,18)(H,19,20). The lowest BCUT2D eigenvalue weighted by atomic mass is 10.1. The van der Waals surface area contributed by atoms with Gasteiger partial charge in [0.15, 0.2) is 0 Å². The number of nitro groups is 1. The third-order valence-electron chi connectivity index (χ3n) is 2.80. The molecule has 22 heavy (non-hydrogen) atoms. The monoisotopic (exact) mass is 364 g/mol. The smallest absolute Gasteiger partial charge is 0.337 e. The number of carbonyl (C=O) groups is 2. The molecule has 0 fully saturated rings. The zero-order valence-corrected chi connectivity index (χ0v) is 12.5. The van der Waals surface area contributed by atoms with Crippen molar-refractivity contribution in [1.29, 1.82) is 0 Å². The van der Waals surface area contributed by atoms with Crippen molar-refractivity contribution in [2.45, 2.75) is 0 Å². The highest BCUT2D eigenvalue weighted by Crippen LogP contribution is 2.22. The molecule has 0 aliphatic carbocycles. The highest BCUT2D eigenvalue weighted by atomic mass is 79.9. The zero-order valence-electron chi connectivity index (χ0n) is 10.9. The number of nitrogens with zero attached hydrogens (tertiary/aromatic N) is 1. The minimum atomic E-state index is -1.18. The molecule has 8 heteroatoms. The van der Waals surface area contributed by atoms with Gasteiger partial charge < -0.3 is 10.4 Å². The van der Waals surface area contributed by atoms with Crippen molar-refractivity contribution in [3.63, 3.8) is 0 Å². The number of carbonyl (C=O) groups excluding carboxylic acids is 1. The van der Waals surface area contributed by atoms with Gasteiger partial charge in [-0.15, -0.1) is 0 Å². The van der Waals surface area contributed by atoms with Crippen LogP contribution in [0.3, 0.4) is 0 Å². The van der Waals surface area contributed by atoms with Crippen molar-refractivity contribution in [2.75, 3.05) is 5.32 Å². The molecule has 0 radical (unpaired) electrons. The number of benzene rings is 2. The summed E-state index contributed by atoms with van der Waals surface area (Å²) >= 11 is 3.16. The van der Waals surface area contributed by atoms with Crippen LogP contribution in [0.15, 0.2) is 46.9 Å². The number of halogens is 1. The second kappa shape index (κ2) is 6.35. The van der Waals surface area contributed by atoms with Gasteiger partial charge in [-0.05, 0) is 30.3 Å². The van der Waals surface area contributed by atoms with Gasteiger partial charge in [0, 0.05) is 22.2 Å². The Balaban J connectivity index is 2.25. The predicted molar refractivity (Wildman–Crippen MR) is 82.2 cm³/mol. The first kappa shape index (κ1) is 15.6. The maximum atomic E-state index is 12.1. The van der Waals surface area contributed by atoms with E-state index in [1.165, 1.54) is 36.4 Å². The molecule has 2 aromatic rings. The van der Waals surface area contributed by atoms with Crippen LogP contribution >= 0.6 is 15.9 Å². The molecular weight excluding hydrogens is 356 g/mol. The third kappa shape index (κ3) is 3.47. The number of non-ortho nitro benzene ring substituents is 1. The predicted octanol–water partition coefficient (Wildman–Crippen LogP) is 3.31. The van der Waals surface area contributed by atoms with Gasteiger partial charge in [0.2, 0.25) is 0 Å². The summed E-state index contributed by atoms with van der Waals surface area (Å²) in [6, 6.07) is 9.42. The molecule has 0 aliphatic rings. The first-order valence-electron chi connectivity index (χ1n) is 5.97. The van der Waals surface area contributed by atoms with Crippen LogP contribution in [0, 0.1) is 10.1 Å². The van der Waals surface area contributed by atoms with E-state index in [4.69, 9.17) is 5.11 Å². The summed E-state index contributed by atoms with van der Waals surface area (Å²) in [5.74, 6) is -1.74. The van der Waals surface area contributed by atoms with Gasteiger partial charge in [-0.3, -0.25) is 14.9 Å². The molecule has 0 heterocycles. The molecular formula is C14H9BrN2O5. The molecule has 0 spiro atoms. The Hall–Kier alpha value is -2.74. The summed E-state index contributed by atoms with van der Waals surface area (Å²) in [6.07, 6.45) is 0. The molecule has 112 valence electrons. The van der Waals surface area contributed by atoms with Gasteiger partial charge in [-0.2, -0.15) is 0 Å². The van der Waals surface area contributed by atoms with Crippen molar-refractivity contribution in [1.82, 2.24) is 0 Å². The van der Waals surface area contributed by atoms with E-state index in [0.29, 0.717) is 4.47 Å². The topological polar surface area (TPSA) is 110 Å². The fraction of sp³-hybridized carbons (Fsp3) is 0. The number of carboxylic acids is 1. The van der Waals surface area contributed by atoms with Crippen molar-refractivity contribution in [3.05, 3.63) is 68.2 Å². The van der Waals surface area contributed by atoms with Crippen LogP contribution in [0.5, 0.6) is 0 Å². The Morgan fingerprint density at radius 2 is 1.77 bits per heavy atom. The number of amides is 1. The van der Waals surface area contributed by atoms with E-state index in [1.54, 1.807) is 6.07 Å². The molecule has 0 aliphatic heterocycles. The summed E-state index contributed by atoms with van der Waals surface area (Å²) in [7, 11) is 0. The van der Waals surface area contributed by atoms with Crippen LogP contribution in [-0.4, -0.2) is 21.9 Å². The van der Waals surface area contributed by atoms with Gasteiger partial charge in [-0.25, -0.2) is 4.79 Å². The van der Waals surface area contributed by atoms with Gasteiger partial charge in [0.25, 0.3) is 11.6 Å². The lowest BCUT2D eigenvalue weighted by Crippen LogP contribution is -2.14. The minimum Gasteiger partial charge on any atom is -0.478 e. The maximum absolute atomic E-state index is 12.1. The summed E-state index contributed by atoms with van der Waals surface area (Å²) in [5.41, 5.74) is 0.125. The molecule has 1 amide bonds. The number of aromatic carboxylic acids is 1. The van der Waals surface area contributed by atoms with E-state index in [0.717, 1.165) is 0 Å². The van der Waals surface area contributed by atoms with Gasteiger partial charge in [-0.1, -0.05) is 15.9 Å². The van der Waals surface area contributed by atoms with E-state index < -0.39 is 16.8 Å². The molecule has 2 N–H and O–H groups in total. The fourth-order valence-electron chi connectivity index (χ4n) is 1.73. The molecule has 0 bridgehead atoms. The van der Waals surface area contributed by atoms with Crippen LogP contribution in [0.1, 0.15) is 20.7 Å². The van der Waals surface area contributed by atoms with Gasteiger partial charge in [0.05, 0.1) is 16.2 Å². The highest BCUT2D eigenvalue weighted by Gasteiger charge is 2.15. The number of anilines is 1. The summed E-state index contributed by atoms with van der Waals surface area (Å²) in [4.78, 5) is 33.2. The average Bonchev–Trinajstić information content (AvgIpc) is 2.48. The largest absolute Gasteiger partial charge is 0.478 e. The minimum absolute atomic E-state index is 0.0652. The number of nitro benzene ring substituents is 1. The number of hydrogen-bond donors (Lipinski definition) is 2. The van der Waals surface area contributed by atoms with Crippen LogP contribution in [0.2, 0.25) is 0 Å². The van der Waals surface area contributed by atoms with Crippen LogP contribution in [0.25, 0.3) is 0 Å². The molecule has 0 saturated heterocycles. The van der Waals surface area contributed by atoms with Crippen molar-refractivity contribution in [2.24, 2.45) is 0 Å². The SMILES string of the molecule is O=C(Nc1ccc(Br)cc1C(=O)O)c1ccc([N+](=O)[O-])cc1. The molecule has 0 unspecified atom stereocenters. The van der Waals surface area contributed by atoms with E-state index >= 15 is 0 Å². The molecule has 0 atom stereocenters. The number of nitrogens with one attached hydrogen (secondary N) is 1. The Bertz CT molecular complexity index is 758. The summed E-state index contributed by atoms with van der Waals surface area (Å²) in [5, 5.41) is 22.2. The maximum Gasteiger partial charge on any atom is 0.337 e. The second-order valence-corrected chi connectivity index (χ2v) is 5.17. The number of rotatable bonds is 4. The first-order chi connectivity index (χ1) is 10.4.